The minimum Gasteiger partial charge on any atom is -0.248 e. The minimum atomic E-state index is -3.06. The first kappa shape index (κ1) is 20.8. The summed E-state index contributed by atoms with van der Waals surface area (Å²) in [5.41, 5.74) is 2.42. The van der Waals surface area contributed by atoms with E-state index in [1.807, 2.05) is 11.4 Å². The molecule has 0 amide bonds. The molecule has 0 aliphatic rings. The molecule has 2 aromatic heterocycles. The van der Waals surface area contributed by atoms with E-state index in [1.54, 1.807) is 42.1 Å². The van der Waals surface area contributed by atoms with Crippen molar-refractivity contribution in [3.8, 4) is 33.2 Å². The van der Waals surface area contributed by atoms with Gasteiger partial charge in [0.25, 0.3) is 5.92 Å². The molecule has 0 atom stereocenters. The maximum atomic E-state index is 14.4. The van der Waals surface area contributed by atoms with Crippen molar-refractivity contribution in [2.24, 2.45) is 7.05 Å². The Morgan fingerprint density at radius 1 is 1.06 bits per heavy atom. The summed E-state index contributed by atoms with van der Waals surface area (Å²) in [6, 6.07) is 12.7. The number of hydrogen-bond donors (Lipinski definition) is 0. The Labute approximate surface area is 181 Å². The smallest absolute Gasteiger partial charge is 0.248 e. The molecule has 7 heteroatoms. The van der Waals surface area contributed by atoms with Crippen LogP contribution in [0.1, 0.15) is 11.1 Å². The lowest BCUT2D eigenvalue weighted by Gasteiger charge is -2.11. The summed E-state index contributed by atoms with van der Waals surface area (Å²) in [5.74, 6) is -2.64. The van der Waals surface area contributed by atoms with Crippen molar-refractivity contribution in [1.29, 1.82) is 0 Å². The van der Waals surface area contributed by atoms with Crippen LogP contribution in [0.15, 0.2) is 73.1 Å². The first-order valence-corrected chi connectivity index (χ1v) is 10.3. The van der Waals surface area contributed by atoms with Crippen molar-refractivity contribution in [1.82, 2.24) is 14.8 Å². The lowest BCUT2D eigenvalue weighted by molar-refractivity contribution is 0.0526. The Bertz CT molecular complexity index is 1270. The fraction of sp³-hybridized carbons (Fsp3) is 0.0833. The lowest BCUT2D eigenvalue weighted by Crippen LogP contribution is -2.08. The van der Waals surface area contributed by atoms with Crippen molar-refractivity contribution in [3.05, 3.63) is 90.1 Å². The summed E-state index contributed by atoms with van der Waals surface area (Å²) < 4.78 is 43.5. The largest absolute Gasteiger partial charge is 0.291 e. The third-order valence-corrected chi connectivity index (χ3v) is 5.90. The average molecular weight is 437 g/mol. The van der Waals surface area contributed by atoms with Crippen LogP contribution in [0, 0.1) is 5.82 Å². The Hall–Kier alpha value is -3.45. The monoisotopic (exact) mass is 437 g/mol. The van der Waals surface area contributed by atoms with Crippen molar-refractivity contribution in [3.63, 3.8) is 0 Å². The van der Waals surface area contributed by atoms with E-state index in [-0.39, 0.29) is 11.4 Å². The molecule has 0 aliphatic carbocycles. The quantitative estimate of drug-likeness (QED) is 0.306. The summed E-state index contributed by atoms with van der Waals surface area (Å²) in [4.78, 5) is 5.44. The second-order valence-electron chi connectivity index (χ2n) is 6.89. The molecule has 2 heterocycles. The third kappa shape index (κ3) is 3.84. The Morgan fingerprint density at radius 3 is 2.48 bits per heavy atom. The highest BCUT2D eigenvalue weighted by molar-refractivity contribution is 7.14. The number of hydrogen-bond acceptors (Lipinski definition) is 3. The summed E-state index contributed by atoms with van der Waals surface area (Å²) in [7, 11) is 1.74. The number of allylic oxidation sites excluding steroid dienone is 1. The molecule has 3 nitrogen and oxygen atoms in total. The van der Waals surface area contributed by atoms with E-state index in [1.165, 1.54) is 29.5 Å². The van der Waals surface area contributed by atoms with Crippen LogP contribution in [0.3, 0.4) is 0 Å². The van der Waals surface area contributed by atoms with Gasteiger partial charge in [0.2, 0.25) is 0 Å². The molecule has 31 heavy (non-hydrogen) atoms. The van der Waals surface area contributed by atoms with Crippen LogP contribution in [0.4, 0.5) is 13.2 Å². The highest BCUT2D eigenvalue weighted by atomic mass is 32.1. The van der Waals surface area contributed by atoms with Gasteiger partial charge in [-0.2, -0.15) is 13.9 Å². The third-order valence-electron chi connectivity index (χ3n) is 4.92. The zero-order valence-electron chi connectivity index (χ0n) is 16.6. The first-order chi connectivity index (χ1) is 14.8. The molecule has 156 valence electrons. The lowest BCUT2D eigenvalue weighted by atomic mass is 10.1. The van der Waals surface area contributed by atoms with E-state index in [4.69, 9.17) is 0 Å². The SMILES string of the molecule is C=Cc1cccc(F)c1-c1nc(-c2csc(-c3ccc(C(F)(F)C=C)cc3)c2)n(C)n1. The van der Waals surface area contributed by atoms with Crippen LogP contribution >= 0.6 is 11.3 Å². The van der Waals surface area contributed by atoms with E-state index >= 15 is 0 Å². The summed E-state index contributed by atoms with van der Waals surface area (Å²) in [6.45, 7) is 6.91. The molecule has 0 unspecified atom stereocenters. The van der Waals surface area contributed by atoms with Gasteiger partial charge in [-0.3, -0.25) is 0 Å². The number of halogens is 3. The van der Waals surface area contributed by atoms with Gasteiger partial charge in [-0.1, -0.05) is 55.6 Å². The van der Waals surface area contributed by atoms with Gasteiger partial charge in [-0.05, 0) is 29.3 Å². The maximum Gasteiger partial charge on any atom is 0.291 e. The molecule has 0 spiro atoms. The number of alkyl halides is 2. The summed E-state index contributed by atoms with van der Waals surface area (Å²) in [5, 5.41) is 6.29. The van der Waals surface area contributed by atoms with Gasteiger partial charge in [-0.25, -0.2) is 14.1 Å². The molecule has 4 rings (SSSR count). The molecule has 0 saturated carbocycles. The standard InChI is InChI=1S/C24H18F3N3S/c1-4-15-7-6-8-19(25)21(15)22-28-23(30(3)29-22)17-13-20(31-14-17)16-9-11-18(12-10-16)24(26,27)5-2/h4-14H,1-2H2,3H3. The van der Waals surface area contributed by atoms with E-state index in [0.717, 1.165) is 16.0 Å². The summed E-state index contributed by atoms with van der Waals surface area (Å²) >= 11 is 1.46. The highest BCUT2D eigenvalue weighted by Crippen LogP contribution is 2.35. The predicted octanol–water partition coefficient (Wildman–Crippen LogP) is 6.94. The van der Waals surface area contributed by atoms with Gasteiger partial charge in [0.15, 0.2) is 11.6 Å². The van der Waals surface area contributed by atoms with E-state index in [9.17, 15) is 13.2 Å². The van der Waals surface area contributed by atoms with Gasteiger partial charge in [0.05, 0.1) is 5.56 Å². The number of rotatable bonds is 6. The van der Waals surface area contributed by atoms with Crippen molar-refractivity contribution in [2.45, 2.75) is 5.92 Å². The second kappa shape index (κ2) is 8.00. The normalized spacial score (nSPS) is 11.5. The maximum absolute atomic E-state index is 14.4. The number of aryl methyl sites for hydroxylation is 1. The van der Waals surface area contributed by atoms with Crippen LogP contribution in [0.5, 0.6) is 0 Å². The molecule has 2 aromatic carbocycles. The number of thiophene rings is 1. The molecule has 4 aromatic rings. The zero-order valence-corrected chi connectivity index (χ0v) is 17.5. The van der Waals surface area contributed by atoms with E-state index < -0.39 is 11.7 Å². The fourth-order valence-corrected chi connectivity index (χ4v) is 4.16. The van der Waals surface area contributed by atoms with Crippen LogP contribution in [0.2, 0.25) is 0 Å². The van der Waals surface area contributed by atoms with E-state index in [2.05, 4.69) is 23.2 Å². The fourth-order valence-electron chi connectivity index (χ4n) is 3.27. The molecule has 0 fully saturated rings. The molecule has 0 radical (unpaired) electrons. The van der Waals surface area contributed by atoms with Gasteiger partial charge < -0.3 is 0 Å². The van der Waals surface area contributed by atoms with Gasteiger partial charge >= 0.3 is 0 Å². The molecular formula is C24H18F3N3S. The van der Waals surface area contributed by atoms with Crippen LogP contribution in [-0.2, 0) is 13.0 Å². The second-order valence-corrected chi connectivity index (χ2v) is 7.81. The van der Waals surface area contributed by atoms with Crippen molar-refractivity contribution < 1.29 is 13.2 Å². The first-order valence-electron chi connectivity index (χ1n) is 9.37. The Kier molecular flexibility index (Phi) is 5.37. The minimum absolute atomic E-state index is 0.108. The Morgan fingerprint density at radius 2 is 1.81 bits per heavy atom. The molecule has 0 N–H and O–H groups in total. The number of nitrogens with zero attached hydrogens (tertiary/aromatic N) is 3. The Balaban J connectivity index is 1.68. The molecule has 0 bridgehead atoms. The molecule has 0 aliphatic heterocycles. The van der Waals surface area contributed by atoms with Gasteiger partial charge in [0.1, 0.15) is 5.82 Å². The van der Waals surface area contributed by atoms with Crippen LogP contribution in [-0.4, -0.2) is 14.8 Å². The zero-order chi connectivity index (χ0) is 22.2. The highest BCUT2D eigenvalue weighted by Gasteiger charge is 2.26. The molecule has 0 saturated heterocycles. The van der Waals surface area contributed by atoms with E-state index in [0.29, 0.717) is 23.0 Å². The number of aromatic nitrogens is 3. The van der Waals surface area contributed by atoms with Crippen molar-refractivity contribution >= 4 is 17.4 Å². The summed E-state index contributed by atoms with van der Waals surface area (Å²) in [6.07, 6.45) is 2.20. The van der Waals surface area contributed by atoms with Crippen LogP contribution in [0.25, 0.3) is 39.3 Å². The van der Waals surface area contributed by atoms with Gasteiger partial charge in [-0.15, -0.1) is 11.3 Å². The number of benzene rings is 2. The topological polar surface area (TPSA) is 30.7 Å². The molecular weight excluding hydrogens is 419 g/mol. The van der Waals surface area contributed by atoms with Gasteiger partial charge in [0, 0.05) is 28.4 Å². The van der Waals surface area contributed by atoms with Crippen molar-refractivity contribution in [2.75, 3.05) is 0 Å². The van der Waals surface area contributed by atoms with Crippen LogP contribution < -0.4 is 0 Å². The average Bonchev–Trinajstić information content (AvgIpc) is 3.40. The predicted molar refractivity (Wildman–Crippen MR) is 119 cm³/mol.